The van der Waals surface area contributed by atoms with Crippen LogP contribution in [0.2, 0.25) is 0 Å². The lowest BCUT2D eigenvalue weighted by Gasteiger charge is -2.35. The molecule has 0 radical (unpaired) electrons. The van der Waals surface area contributed by atoms with Crippen LogP contribution in [0.15, 0.2) is 54.6 Å². The van der Waals surface area contributed by atoms with E-state index in [1.54, 1.807) is 0 Å². The van der Waals surface area contributed by atoms with Crippen molar-refractivity contribution >= 4 is 11.8 Å². The van der Waals surface area contributed by atoms with E-state index in [9.17, 15) is 9.59 Å². The second-order valence-corrected chi connectivity index (χ2v) is 7.19. The fraction of sp³-hybridized carbons (Fsp3) is 0.391. The Kier molecular flexibility index (Phi) is 7.06. The Bertz CT molecular complexity index is 766. The van der Waals surface area contributed by atoms with E-state index in [-0.39, 0.29) is 11.8 Å². The summed E-state index contributed by atoms with van der Waals surface area (Å²) in [6.07, 6.45) is 1.59. The summed E-state index contributed by atoms with van der Waals surface area (Å²) in [7, 11) is 0. The maximum atomic E-state index is 12.4. The SMILES string of the molecule is Cc1ccc(OCCCC(=O)N2CCN(C(=O)Cc3ccccc3)CC2)cc1. The lowest BCUT2D eigenvalue weighted by Crippen LogP contribution is -2.51. The van der Waals surface area contributed by atoms with Crippen LogP contribution in [0.1, 0.15) is 24.0 Å². The van der Waals surface area contributed by atoms with Crippen molar-refractivity contribution in [2.45, 2.75) is 26.2 Å². The molecule has 3 rings (SSSR count). The summed E-state index contributed by atoms with van der Waals surface area (Å²) in [6, 6.07) is 17.7. The highest BCUT2D eigenvalue weighted by Crippen LogP contribution is 2.13. The van der Waals surface area contributed by atoms with Crippen molar-refractivity contribution in [1.29, 1.82) is 0 Å². The van der Waals surface area contributed by atoms with E-state index in [0.717, 1.165) is 11.3 Å². The Morgan fingerprint density at radius 2 is 1.46 bits per heavy atom. The summed E-state index contributed by atoms with van der Waals surface area (Å²) in [4.78, 5) is 28.5. The van der Waals surface area contributed by atoms with E-state index < -0.39 is 0 Å². The van der Waals surface area contributed by atoms with Gasteiger partial charge in [0, 0.05) is 32.6 Å². The molecule has 0 aromatic heterocycles. The molecule has 1 aliphatic heterocycles. The largest absolute Gasteiger partial charge is 0.494 e. The third-order valence-corrected chi connectivity index (χ3v) is 5.01. The minimum Gasteiger partial charge on any atom is -0.494 e. The Hall–Kier alpha value is -2.82. The van der Waals surface area contributed by atoms with Gasteiger partial charge < -0.3 is 14.5 Å². The van der Waals surface area contributed by atoms with Gasteiger partial charge in [-0.15, -0.1) is 0 Å². The van der Waals surface area contributed by atoms with E-state index >= 15 is 0 Å². The molecule has 0 atom stereocenters. The van der Waals surface area contributed by atoms with Gasteiger partial charge in [-0.05, 0) is 31.0 Å². The molecule has 28 heavy (non-hydrogen) atoms. The second kappa shape index (κ2) is 9.93. The Balaban J connectivity index is 1.34. The standard InChI is InChI=1S/C23H28N2O3/c1-19-9-11-21(12-10-19)28-17-5-8-22(26)24-13-15-25(16-14-24)23(27)18-20-6-3-2-4-7-20/h2-4,6-7,9-12H,5,8,13-18H2,1H3. The number of carbonyl (C=O) groups excluding carboxylic acids is 2. The number of amides is 2. The van der Waals surface area contributed by atoms with Crippen LogP contribution in [0.3, 0.4) is 0 Å². The van der Waals surface area contributed by atoms with Crippen LogP contribution in [0.25, 0.3) is 0 Å². The maximum absolute atomic E-state index is 12.4. The Labute approximate surface area is 166 Å². The summed E-state index contributed by atoms with van der Waals surface area (Å²) >= 11 is 0. The van der Waals surface area contributed by atoms with Crippen molar-refractivity contribution in [3.8, 4) is 5.75 Å². The first-order valence-corrected chi connectivity index (χ1v) is 9.91. The predicted molar refractivity (Wildman–Crippen MR) is 109 cm³/mol. The van der Waals surface area contributed by atoms with Crippen LogP contribution in [0, 0.1) is 6.92 Å². The van der Waals surface area contributed by atoms with Crippen molar-refractivity contribution in [1.82, 2.24) is 9.80 Å². The van der Waals surface area contributed by atoms with E-state index in [1.165, 1.54) is 5.56 Å². The molecule has 1 saturated heterocycles. The van der Waals surface area contributed by atoms with Crippen LogP contribution in [-0.4, -0.2) is 54.4 Å². The fourth-order valence-corrected chi connectivity index (χ4v) is 3.29. The molecule has 148 valence electrons. The summed E-state index contributed by atoms with van der Waals surface area (Å²) in [5, 5.41) is 0. The summed E-state index contributed by atoms with van der Waals surface area (Å²) in [5.41, 5.74) is 2.23. The van der Waals surface area contributed by atoms with E-state index in [4.69, 9.17) is 4.74 Å². The molecule has 5 heteroatoms. The normalized spacial score (nSPS) is 14.0. The van der Waals surface area contributed by atoms with Crippen LogP contribution in [0.5, 0.6) is 5.75 Å². The number of hydrogen-bond donors (Lipinski definition) is 0. The third kappa shape index (κ3) is 5.84. The van der Waals surface area contributed by atoms with E-state index in [2.05, 4.69) is 0 Å². The third-order valence-electron chi connectivity index (χ3n) is 5.01. The van der Waals surface area contributed by atoms with Gasteiger partial charge in [-0.2, -0.15) is 0 Å². The molecule has 2 aromatic carbocycles. The highest BCUT2D eigenvalue weighted by atomic mass is 16.5. The molecular formula is C23H28N2O3. The number of carbonyl (C=O) groups is 2. The van der Waals surface area contributed by atoms with Crippen LogP contribution in [-0.2, 0) is 16.0 Å². The van der Waals surface area contributed by atoms with Crippen LogP contribution in [0.4, 0.5) is 0 Å². The summed E-state index contributed by atoms with van der Waals surface area (Å²) in [5.74, 6) is 1.11. The average Bonchev–Trinajstić information content (AvgIpc) is 2.73. The molecular weight excluding hydrogens is 352 g/mol. The zero-order chi connectivity index (χ0) is 19.8. The first kappa shape index (κ1) is 19.9. The van der Waals surface area contributed by atoms with Crippen LogP contribution >= 0.6 is 0 Å². The highest BCUT2D eigenvalue weighted by molar-refractivity contribution is 5.80. The molecule has 0 unspecified atom stereocenters. The first-order valence-electron chi connectivity index (χ1n) is 9.91. The lowest BCUT2D eigenvalue weighted by molar-refractivity contribution is -0.139. The van der Waals surface area contributed by atoms with Crippen molar-refractivity contribution in [3.63, 3.8) is 0 Å². The Morgan fingerprint density at radius 3 is 2.11 bits per heavy atom. The minimum atomic E-state index is 0.129. The maximum Gasteiger partial charge on any atom is 0.227 e. The highest BCUT2D eigenvalue weighted by Gasteiger charge is 2.23. The van der Waals surface area contributed by atoms with Crippen molar-refractivity contribution in [3.05, 3.63) is 65.7 Å². The summed E-state index contributed by atoms with van der Waals surface area (Å²) < 4.78 is 5.68. The average molecular weight is 380 g/mol. The molecule has 5 nitrogen and oxygen atoms in total. The molecule has 2 aromatic rings. The molecule has 2 amide bonds. The smallest absolute Gasteiger partial charge is 0.227 e. The van der Waals surface area contributed by atoms with Gasteiger partial charge in [0.2, 0.25) is 11.8 Å². The molecule has 0 spiro atoms. The predicted octanol–water partition coefficient (Wildman–Crippen LogP) is 3.07. The van der Waals surface area contributed by atoms with Gasteiger partial charge in [0.25, 0.3) is 0 Å². The molecule has 1 aliphatic rings. The van der Waals surface area contributed by atoms with Crippen LogP contribution < -0.4 is 4.74 Å². The molecule has 1 heterocycles. The number of hydrogen-bond acceptors (Lipinski definition) is 3. The second-order valence-electron chi connectivity index (χ2n) is 7.19. The number of nitrogens with zero attached hydrogens (tertiary/aromatic N) is 2. The molecule has 0 aliphatic carbocycles. The first-order chi connectivity index (χ1) is 13.6. The number of piperazine rings is 1. The molecule has 1 fully saturated rings. The van der Waals surface area contributed by atoms with Gasteiger partial charge in [-0.3, -0.25) is 9.59 Å². The number of benzene rings is 2. The summed E-state index contributed by atoms with van der Waals surface area (Å²) in [6.45, 7) is 5.01. The van der Waals surface area contributed by atoms with Crippen molar-refractivity contribution in [2.24, 2.45) is 0 Å². The van der Waals surface area contributed by atoms with Gasteiger partial charge >= 0.3 is 0 Å². The van der Waals surface area contributed by atoms with Gasteiger partial charge in [0.15, 0.2) is 0 Å². The number of aryl methyl sites for hydroxylation is 1. The van der Waals surface area contributed by atoms with Crippen molar-refractivity contribution < 1.29 is 14.3 Å². The zero-order valence-corrected chi connectivity index (χ0v) is 16.5. The quantitative estimate of drug-likeness (QED) is 0.694. The zero-order valence-electron chi connectivity index (χ0n) is 16.5. The van der Waals surface area contributed by atoms with E-state index in [1.807, 2.05) is 71.3 Å². The number of rotatable bonds is 7. The molecule has 0 bridgehead atoms. The minimum absolute atomic E-state index is 0.129. The number of ether oxygens (including phenoxy) is 1. The lowest BCUT2D eigenvalue weighted by atomic mass is 10.1. The monoisotopic (exact) mass is 380 g/mol. The van der Waals surface area contributed by atoms with Gasteiger partial charge in [0.1, 0.15) is 5.75 Å². The van der Waals surface area contributed by atoms with Gasteiger partial charge in [-0.1, -0.05) is 48.0 Å². The van der Waals surface area contributed by atoms with Crippen molar-refractivity contribution in [2.75, 3.05) is 32.8 Å². The van der Waals surface area contributed by atoms with Gasteiger partial charge in [-0.25, -0.2) is 0 Å². The molecule has 0 N–H and O–H groups in total. The molecule has 0 saturated carbocycles. The van der Waals surface area contributed by atoms with Gasteiger partial charge in [0.05, 0.1) is 13.0 Å². The Morgan fingerprint density at radius 1 is 0.857 bits per heavy atom. The van der Waals surface area contributed by atoms with E-state index in [0.29, 0.717) is 52.0 Å². The fourth-order valence-electron chi connectivity index (χ4n) is 3.29. The topological polar surface area (TPSA) is 49.9 Å².